The Morgan fingerprint density at radius 2 is 1.81 bits per heavy atom. The van der Waals surface area contributed by atoms with E-state index < -0.39 is 0 Å². The van der Waals surface area contributed by atoms with E-state index in [2.05, 4.69) is 22.5 Å². The van der Waals surface area contributed by atoms with Crippen LogP contribution in [0.5, 0.6) is 0 Å². The van der Waals surface area contributed by atoms with Gasteiger partial charge in [-0.3, -0.25) is 9.69 Å². The first-order valence-corrected chi connectivity index (χ1v) is 9.02. The van der Waals surface area contributed by atoms with Gasteiger partial charge in [-0.15, -0.1) is 0 Å². The zero-order valence-corrected chi connectivity index (χ0v) is 13.4. The fraction of sp³-hybridized carbons (Fsp3) is 0.941. The first kappa shape index (κ1) is 15.3. The van der Waals surface area contributed by atoms with E-state index >= 15 is 0 Å². The number of nitrogens with zero attached hydrogens (tertiary/aromatic N) is 1. The van der Waals surface area contributed by atoms with Gasteiger partial charge in [0.25, 0.3) is 0 Å². The Kier molecular flexibility index (Phi) is 5.17. The number of carbonyl (C=O) groups excluding carboxylic acids is 1. The normalized spacial score (nSPS) is 30.6. The highest BCUT2D eigenvalue weighted by atomic mass is 16.2. The maximum atomic E-state index is 12.7. The quantitative estimate of drug-likeness (QED) is 0.832. The summed E-state index contributed by atoms with van der Waals surface area (Å²) in [5.41, 5.74) is 0. The van der Waals surface area contributed by atoms with Crippen molar-refractivity contribution >= 4 is 5.91 Å². The summed E-state index contributed by atoms with van der Waals surface area (Å²) in [6.45, 7) is 5.53. The molecule has 0 radical (unpaired) electrons. The van der Waals surface area contributed by atoms with E-state index in [0.29, 0.717) is 23.9 Å². The lowest BCUT2D eigenvalue weighted by Gasteiger charge is -2.35. The standard InChI is InChI=1S/C17H31N3O/c1-13(14-5-2-3-6-14)19-17(21)16-7-4-12-20(16)15-8-10-18-11-9-15/h13-16,18H,2-12H2,1H3,(H,19,21)/t13-,16?/m1/s1. The minimum Gasteiger partial charge on any atom is -0.352 e. The average Bonchev–Trinajstić information content (AvgIpc) is 3.19. The van der Waals surface area contributed by atoms with Crippen LogP contribution >= 0.6 is 0 Å². The Hall–Kier alpha value is -0.610. The van der Waals surface area contributed by atoms with Crippen LogP contribution in [0.2, 0.25) is 0 Å². The van der Waals surface area contributed by atoms with Crippen molar-refractivity contribution in [3.05, 3.63) is 0 Å². The molecule has 1 amide bonds. The van der Waals surface area contributed by atoms with Crippen molar-refractivity contribution in [2.45, 2.75) is 76.4 Å². The molecular weight excluding hydrogens is 262 g/mol. The molecule has 3 rings (SSSR count). The molecule has 0 bridgehead atoms. The molecule has 3 aliphatic rings. The van der Waals surface area contributed by atoms with E-state index in [-0.39, 0.29) is 6.04 Å². The monoisotopic (exact) mass is 293 g/mol. The number of rotatable bonds is 4. The number of piperidine rings is 1. The number of amides is 1. The van der Waals surface area contributed by atoms with Gasteiger partial charge in [-0.2, -0.15) is 0 Å². The van der Waals surface area contributed by atoms with Gasteiger partial charge >= 0.3 is 0 Å². The summed E-state index contributed by atoms with van der Waals surface area (Å²) >= 11 is 0. The molecule has 3 fully saturated rings. The highest BCUT2D eigenvalue weighted by Gasteiger charge is 2.36. The number of hydrogen-bond acceptors (Lipinski definition) is 3. The summed E-state index contributed by atoms with van der Waals surface area (Å²) in [4.78, 5) is 15.2. The third kappa shape index (κ3) is 3.59. The maximum Gasteiger partial charge on any atom is 0.237 e. The first-order chi connectivity index (χ1) is 10.3. The molecule has 120 valence electrons. The summed E-state index contributed by atoms with van der Waals surface area (Å²) in [5.74, 6) is 1.01. The van der Waals surface area contributed by atoms with Gasteiger partial charge in [0, 0.05) is 12.1 Å². The zero-order chi connectivity index (χ0) is 14.7. The molecule has 1 aliphatic carbocycles. The molecule has 1 unspecified atom stereocenters. The highest BCUT2D eigenvalue weighted by Crippen LogP contribution is 2.29. The van der Waals surface area contributed by atoms with Crippen molar-refractivity contribution in [1.82, 2.24) is 15.5 Å². The predicted molar refractivity (Wildman–Crippen MR) is 85.2 cm³/mol. The third-order valence-electron chi connectivity index (χ3n) is 5.85. The largest absolute Gasteiger partial charge is 0.352 e. The number of carbonyl (C=O) groups is 1. The van der Waals surface area contributed by atoms with Crippen LogP contribution in [0, 0.1) is 5.92 Å². The Morgan fingerprint density at radius 1 is 1.10 bits per heavy atom. The molecule has 1 saturated carbocycles. The minimum atomic E-state index is 0.136. The second-order valence-corrected chi connectivity index (χ2v) is 7.22. The molecule has 0 aromatic rings. The van der Waals surface area contributed by atoms with Crippen molar-refractivity contribution in [2.24, 2.45) is 5.92 Å². The highest BCUT2D eigenvalue weighted by molar-refractivity contribution is 5.82. The van der Waals surface area contributed by atoms with Crippen molar-refractivity contribution in [3.8, 4) is 0 Å². The zero-order valence-electron chi connectivity index (χ0n) is 13.4. The summed E-state index contributed by atoms with van der Waals surface area (Å²) < 4.78 is 0. The van der Waals surface area contributed by atoms with E-state index in [0.717, 1.165) is 26.1 Å². The van der Waals surface area contributed by atoms with Gasteiger partial charge in [0.05, 0.1) is 6.04 Å². The Morgan fingerprint density at radius 3 is 2.52 bits per heavy atom. The fourth-order valence-electron chi connectivity index (χ4n) is 4.54. The second kappa shape index (κ2) is 7.10. The van der Waals surface area contributed by atoms with Crippen LogP contribution in [0.1, 0.15) is 58.3 Å². The van der Waals surface area contributed by atoms with E-state index in [1.807, 2.05) is 0 Å². The van der Waals surface area contributed by atoms with Gasteiger partial charge in [0.2, 0.25) is 5.91 Å². The molecule has 2 heterocycles. The predicted octanol–water partition coefficient (Wildman–Crippen LogP) is 1.90. The SMILES string of the molecule is C[C@@H](NC(=O)C1CCCN1C1CCNCC1)C1CCCC1. The lowest BCUT2D eigenvalue weighted by atomic mass is 9.99. The second-order valence-electron chi connectivity index (χ2n) is 7.22. The lowest BCUT2D eigenvalue weighted by molar-refractivity contribution is -0.127. The molecule has 0 aromatic carbocycles. The van der Waals surface area contributed by atoms with E-state index in [1.54, 1.807) is 0 Å². The van der Waals surface area contributed by atoms with Gasteiger partial charge in [0.15, 0.2) is 0 Å². The van der Waals surface area contributed by atoms with Crippen LogP contribution in [0.3, 0.4) is 0 Å². The van der Waals surface area contributed by atoms with Gasteiger partial charge in [-0.25, -0.2) is 0 Å². The average molecular weight is 293 g/mol. The van der Waals surface area contributed by atoms with Crippen LogP contribution in [-0.4, -0.2) is 48.6 Å². The van der Waals surface area contributed by atoms with Crippen LogP contribution in [0.15, 0.2) is 0 Å². The van der Waals surface area contributed by atoms with Crippen LogP contribution in [-0.2, 0) is 4.79 Å². The summed E-state index contributed by atoms with van der Waals surface area (Å²) in [6.07, 6.45) is 9.90. The van der Waals surface area contributed by atoms with Crippen LogP contribution in [0.4, 0.5) is 0 Å². The van der Waals surface area contributed by atoms with Gasteiger partial charge in [0.1, 0.15) is 0 Å². The van der Waals surface area contributed by atoms with E-state index in [1.165, 1.54) is 44.9 Å². The number of hydrogen-bond donors (Lipinski definition) is 2. The molecule has 0 aromatic heterocycles. The molecule has 2 aliphatic heterocycles. The van der Waals surface area contributed by atoms with Crippen molar-refractivity contribution in [2.75, 3.05) is 19.6 Å². The fourth-order valence-corrected chi connectivity index (χ4v) is 4.54. The van der Waals surface area contributed by atoms with Gasteiger partial charge < -0.3 is 10.6 Å². The van der Waals surface area contributed by atoms with Crippen molar-refractivity contribution in [3.63, 3.8) is 0 Å². The maximum absolute atomic E-state index is 12.7. The molecule has 2 saturated heterocycles. The summed E-state index contributed by atoms with van der Waals surface area (Å²) in [6, 6.07) is 1.11. The minimum absolute atomic E-state index is 0.136. The van der Waals surface area contributed by atoms with Crippen LogP contribution in [0.25, 0.3) is 0 Å². The molecule has 2 atom stereocenters. The molecular formula is C17H31N3O. The van der Waals surface area contributed by atoms with Crippen LogP contribution < -0.4 is 10.6 Å². The Labute approximate surface area is 129 Å². The molecule has 4 heteroatoms. The lowest BCUT2D eigenvalue weighted by Crippen LogP contribution is -2.52. The number of nitrogens with one attached hydrogen (secondary N) is 2. The van der Waals surface area contributed by atoms with Crippen molar-refractivity contribution in [1.29, 1.82) is 0 Å². The van der Waals surface area contributed by atoms with Gasteiger partial charge in [-0.05, 0) is 71.0 Å². The molecule has 4 nitrogen and oxygen atoms in total. The molecule has 0 spiro atoms. The number of likely N-dealkylation sites (tertiary alicyclic amines) is 1. The molecule has 21 heavy (non-hydrogen) atoms. The van der Waals surface area contributed by atoms with Gasteiger partial charge in [-0.1, -0.05) is 12.8 Å². The summed E-state index contributed by atoms with van der Waals surface area (Å²) in [7, 11) is 0. The van der Waals surface area contributed by atoms with E-state index in [4.69, 9.17) is 0 Å². The molecule has 2 N–H and O–H groups in total. The topological polar surface area (TPSA) is 44.4 Å². The third-order valence-corrected chi connectivity index (χ3v) is 5.85. The Balaban J connectivity index is 1.54. The smallest absolute Gasteiger partial charge is 0.237 e. The first-order valence-electron chi connectivity index (χ1n) is 9.02. The Bertz CT molecular complexity index is 348. The van der Waals surface area contributed by atoms with Crippen molar-refractivity contribution < 1.29 is 4.79 Å². The van der Waals surface area contributed by atoms with E-state index in [9.17, 15) is 4.79 Å². The summed E-state index contributed by atoms with van der Waals surface area (Å²) in [5, 5.41) is 6.76.